The van der Waals surface area contributed by atoms with Crippen LogP contribution in [0.5, 0.6) is 0 Å². The van der Waals surface area contributed by atoms with Gasteiger partial charge in [-0.25, -0.2) is 19.0 Å². The third kappa shape index (κ3) is 2.11. The van der Waals surface area contributed by atoms with Gasteiger partial charge in [-0.3, -0.25) is 9.36 Å². The second-order valence-electron chi connectivity index (χ2n) is 6.79. The average molecular weight is 355 g/mol. The Bertz CT molecular complexity index is 1080. The van der Waals surface area contributed by atoms with Gasteiger partial charge >= 0.3 is 5.69 Å². The summed E-state index contributed by atoms with van der Waals surface area (Å²) < 4.78 is 10.5. The van der Waals surface area contributed by atoms with Gasteiger partial charge < -0.3 is 9.64 Å². The van der Waals surface area contributed by atoms with E-state index in [2.05, 4.69) is 15.2 Å². The third-order valence-electron chi connectivity index (χ3n) is 5.14. The van der Waals surface area contributed by atoms with Crippen molar-refractivity contribution in [2.24, 2.45) is 7.05 Å². The molecule has 0 radical (unpaired) electrons. The maximum atomic E-state index is 12.9. The maximum absolute atomic E-state index is 12.9. The zero-order valence-electron chi connectivity index (χ0n) is 14.2. The standard InChI is InChI=1S/C16H17N7O3/c1-20-15(25)22-10-16(26-8-13(22)19-20)4-6-21(9-16)14(24)11-7-17-12-3-2-5-18-23(11)12/h2-3,5,7H,4,6,8-10H2,1H3. The molecule has 0 aliphatic carbocycles. The van der Waals surface area contributed by atoms with Gasteiger partial charge in [-0.05, 0) is 18.6 Å². The summed E-state index contributed by atoms with van der Waals surface area (Å²) in [5, 5.41) is 8.38. The molecule has 26 heavy (non-hydrogen) atoms. The largest absolute Gasteiger partial charge is 0.363 e. The van der Waals surface area contributed by atoms with Crippen LogP contribution in [-0.2, 0) is 24.9 Å². The van der Waals surface area contributed by atoms with E-state index in [9.17, 15) is 9.59 Å². The van der Waals surface area contributed by atoms with E-state index in [1.54, 1.807) is 45.6 Å². The van der Waals surface area contributed by atoms with E-state index in [0.717, 1.165) is 0 Å². The molecule has 1 amide bonds. The Labute approximate surface area is 147 Å². The highest BCUT2D eigenvalue weighted by atomic mass is 16.5. The van der Waals surface area contributed by atoms with Crippen molar-refractivity contribution in [1.29, 1.82) is 0 Å². The number of aromatic nitrogens is 6. The minimum Gasteiger partial charge on any atom is -0.363 e. The predicted octanol–water partition coefficient (Wildman–Crippen LogP) is -0.560. The molecule has 0 N–H and O–H groups in total. The number of hydrogen-bond donors (Lipinski definition) is 0. The lowest BCUT2D eigenvalue weighted by atomic mass is 10.0. The lowest BCUT2D eigenvalue weighted by Gasteiger charge is -2.33. The highest BCUT2D eigenvalue weighted by Crippen LogP contribution is 2.32. The SMILES string of the molecule is Cn1nc2n(c1=O)CC1(CCN(C(=O)c3cnc4cccnn34)C1)OC2. The molecule has 10 heteroatoms. The molecule has 0 bridgehead atoms. The summed E-state index contributed by atoms with van der Waals surface area (Å²) in [6.07, 6.45) is 3.84. The number of hydrogen-bond acceptors (Lipinski definition) is 6. The summed E-state index contributed by atoms with van der Waals surface area (Å²) in [4.78, 5) is 31.1. The van der Waals surface area contributed by atoms with Crippen LogP contribution < -0.4 is 5.69 Å². The van der Waals surface area contributed by atoms with Crippen molar-refractivity contribution < 1.29 is 9.53 Å². The molecule has 3 aromatic rings. The molecular formula is C16H17N7O3. The molecule has 1 unspecified atom stereocenters. The molecule has 1 fully saturated rings. The van der Waals surface area contributed by atoms with Crippen LogP contribution in [0.1, 0.15) is 22.7 Å². The van der Waals surface area contributed by atoms with Crippen LogP contribution in [-0.4, -0.2) is 58.4 Å². The van der Waals surface area contributed by atoms with Crippen LogP contribution in [0.3, 0.4) is 0 Å². The Morgan fingerprint density at radius 1 is 1.35 bits per heavy atom. The van der Waals surface area contributed by atoms with Crippen LogP contribution in [0.15, 0.2) is 29.3 Å². The summed E-state index contributed by atoms with van der Waals surface area (Å²) in [7, 11) is 1.63. The molecule has 0 aromatic carbocycles. The van der Waals surface area contributed by atoms with Gasteiger partial charge in [-0.1, -0.05) is 0 Å². The van der Waals surface area contributed by atoms with Crippen LogP contribution >= 0.6 is 0 Å². The predicted molar refractivity (Wildman–Crippen MR) is 88.5 cm³/mol. The number of rotatable bonds is 1. The summed E-state index contributed by atoms with van der Waals surface area (Å²) >= 11 is 0. The summed E-state index contributed by atoms with van der Waals surface area (Å²) in [5.41, 5.74) is 0.347. The van der Waals surface area contributed by atoms with Crippen molar-refractivity contribution >= 4 is 11.6 Å². The number of aryl methyl sites for hydroxylation is 1. The number of nitrogens with zero attached hydrogens (tertiary/aromatic N) is 7. The fourth-order valence-electron chi connectivity index (χ4n) is 3.77. The molecule has 1 saturated heterocycles. The zero-order chi connectivity index (χ0) is 17.9. The molecule has 1 atom stereocenters. The maximum Gasteiger partial charge on any atom is 0.345 e. The van der Waals surface area contributed by atoms with E-state index in [-0.39, 0.29) is 18.2 Å². The van der Waals surface area contributed by atoms with E-state index in [1.807, 2.05) is 0 Å². The van der Waals surface area contributed by atoms with Gasteiger partial charge in [0.1, 0.15) is 12.2 Å². The van der Waals surface area contributed by atoms with Crippen molar-refractivity contribution in [2.45, 2.75) is 25.2 Å². The lowest BCUT2D eigenvalue weighted by Crippen LogP contribution is -2.47. The first-order valence-electron chi connectivity index (χ1n) is 8.41. The van der Waals surface area contributed by atoms with Crippen molar-refractivity contribution in [3.8, 4) is 0 Å². The molecule has 1 spiro atoms. The molecule has 5 heterocycles. The highest BCUT2D eigenvalue weighted by molar-refractivity contribution is 5.93. The third-order valence-corrected chi connectivity index (χ3v) is 5.14. The summed E-state index contributed by atoms with van der Waals surface area (Å²) in [5.74, 6) is 0.486. The average Bonchev–Trinajstić information content (AvgIpc) is 3.33. The molecule has 134 valence electrons. The second kappa shape index (κ2) is 5.24. The van der Waals surface area contributed by atoms with Crippen molar-refractivity contribution in [3.05, 3.63) is 46.5 Å². The quantitative estimate of drug-likeness (QED) is 0.580. The molecule has 3 aromatic heterocycles. The van der Waals surface area contributed by atoms with E-state index in [0.29, 0.717) is 43.2 Å². The van der Waals surface area contributed by atoms with Crippen molar-refractivity contribution in [3.63, 3.8) is 0 Å². The lowest BCUT2D eigenvalue weighted by molar-refractivity contribution is -0.0816. The van der Waals surface area contributed by atoms with Gasteiger partial charge in [0.05, 0.1) is 19.3 Å². The molecule has 2 aliphatic heterocycles. The van der Waals surface area contributed by atoms with E-state index >= 15 is 0 Å². The fourth-order valence-corrected chi connectivity index (χ4v) is 3.77. The number of carbonyl (C=O) groups is 1. The summed E-state index contributed by atoms with van der Waals surface area (Å²) in [6.45, 7) is 1.66. The van der Waals surface area contributed by atoms with E-state index in [1.165, 1.54) is 4.68 Å². The van der Waals surface area contributed by atoms with Gasteiger partial charge in [-0.2, -0.15) is 10.2 Å². The first-order valence-corrected chi connectivity index (χ1v) is 8.41. The number of fused-ring (bicyclic) bond motifs is 2. The normalized spacial score (nSPS) is 22.3. The number of carbonyl (C=O) groups excluding carboxylic acids is 1. The summed E-state index contributed by atoms with van der Waals surface area (Å²) in [6, 6.07) is 3.58. The molecule has 10 nitrogen and oxygen atoms in total. The van der Waals surface area contributed by atoms with Gasteiger partial charge in [-0.15, -0.1) is 0 Å². The smallest absolute Gasteiger partial charge is 0.345 e. The Balaban J connectivity index is 1.41. The first kappa shape index (κ1) is 15.3. The van der Waals surface area contributed by atoms with Gasteiger partial charge in [0.2, 0.25) is 0 Å². The van der Waals surface area contributed by atoms with E-state index < -0.39 is 5.60 Å². The number of amides is 1. The van der Waals surface area contributed by atoms with Gasteiger partial charge in [0.25, 0.3) is 5.91 Å². The Morgan fingerprint density at radius 2 is 2.23 bits per heavy atom. The van der Waals surface area contributed by atoms with Crippen LogP contribution in [0.25, 0.3) is 5.65 Å². The Morgan fingerprint density at radius 3 is 3.12 bits per heavy atom. The Kier molecular flexibility index (Phi) is 3.08. The van der Waals surface area contributed by atoms with Crippen molar-refractivity contribution in [2.75, 3.05) is 13.1 Å². The monoisotopic (exact) mass is 355 g/mol. The fraction of sp³-hybridized carbons (Fsp3) is 0.438. The highest BCUT2D eigenvalue weighted by Gasteiger charge is 2.45. The number of likely N-dealkylation sites (tertiary alicyclic amines) is 1. The zero-order valence-corrected chi connectivity index (χ0v) is 14.2. The molecule has 2 aliphatic rings. The van der Waals surface area contributed by atoms with Crippen molar-refractivity contribution in [1.82, 2.24) is 33.8 Å². The van der Waals surface area contributed by atoms with Gasteiger partial charge in [0.15, 0.2) is 17.2 Å². The van der Waals surface area contributed by atoms with Crippen LogP contribution in [0.2, 0.25) is 0 Å². The minimum atomic E-state index is -0.552. The van der Waals surface area contributed by atoms with Gasteiger partial charge in [0, 0.05) is 19.8 Å². The van der Waals surface area contributed by atoms with Crippen LogP contribution in [0.4, 0.5) is 0 Å². The Hall–Kier alpha value is -3.01. The van der Waals surface area contributed by atoms with Crippen LogP contribution in [0, 0.1) is 0 Å². The topological polar surface area (TPSA) is 99.6 Å². The molecule has 0 saturated carbocycles. The second-order valence-corrected chi connectivity index (χ2v) is 6.79. The molecular weight excluding hydrogens is 338 g/mol. The number of ether oxygens (including phenoxy) is 1. The molecule has 5 rings (SSSR count). The number of imidazole rings is 1. The van der Waals surface area contributed by atoms with E-state index in [4.69, 9.17) is 4.74 Å². The minimum absolute atomic E-state index is 0.138. The first-order chi connectivity index (χ1) is 12.6.